The SMILES string of the molecule is CC(C)CCNCC(=O)Nc1cc(C(=O)O)ccc1Cl. The van der Waals surface area contributed by atoms with Crippen LogP contribution >= 0.6 is 11.6 Å². The number of carbonyl (C=O) groups is 2. The molecule has 110 valence electrons. The summed E-state index contributed by atoms with van der Waals surface area (Å²) in [6, 6.07) is 4.19. The topological polar surface area (TPSA) is 78.4 Å². The van der Waals surface area contributed by atoms with Crippen LogP contribution in [-0.4, -0.2) is 30.1 Å². The first kappa shape index (κ1) is 16.5. The van der Waals surface area contributed by atoms with Crippen molar-refractivity contribution in [3.05, 3.63) is 28.8 Å². The molecule has 1 aromatic rings. The zero-order valence-electron chi connectivity index (χ0n) is 11.6. The second-order valence-corrected chi connectivity index (χ2v) is 5.31. The summed E-state index contributed by atoms with van der Waals surface area (Å²) < 4.78 is 0. The van der Waals surface area contributed by atoms with Gasteiger partial charge in [0.25, 0.3) is 0 Å². The van der Waals surface area contributed by atoms with E-state index in [0.29, 0.717) is 16.6 Å². The van der Waals surface area contributed by atoms with Gasteiger partial charge in [0.1, 0.15) is 0 Å². The fourth-order valence-electron chi connectivity index (χ4n) is 1.54. The maximum Gasteiger partial charge on any atom is 0.335 e. The number of anilines is 1. The number of amides is 1. The van der Waals surface area contributed by atoms with Crippen LogP contribution in [-0.2, 0) is 4.79 Å². The monoisotopic (exact) mass is 298 g/mol. The number of aromatic carboxylic acids is 1. The number of halogens is 1. The van der Waals surface area contributed by atoms with Crippen LogP contribution in [0.4, 0.5) is 5.69 Å². The zero-order valence-corrected chi connectivity index (χ0v) is 12.3. The molecular formula is C14H19ClN2O3. The summed E-state index contributed by atoms with van der Waals surface area (Å²) in [5.41, 5.74) is 0.389. The van der Waals surface area contributed by atoms with E-state index in [4.69, 9.17) is 16.7 Å². The summed E-state index contributed by atoms with van der Waals surface area (Å²) in [4.78, 5) is 22.6. The van der Waals surface area contributed by atoms with Gasteiger partial charge in [-0.15, -0.1) is 0 Å². The maximum absolute atomic E-state index is 11.7. The number of hydrogen-bond donors (Lipinski definition) is 3. The molecular weight excluding hydrogens is 280 g/mol. The molecule has 0 unspecified atom stereocenters. The highest BCUT2D eigenvalue weighted by atomic mass is 35.5. The third-order valence-electron chi connectivity index (χ3n) is 2.67. The third-order valence-corrected chi connectivity index (χ3v) is 3.00. The Morgan fingerprint density at radius 2 is 2.05 bits per heavy atom. The van der Waals surface area contributed by atoms with Crippen LogP contribution in [0.25, 0.3) is 0 Å². The van der Waals surface area contributed by atoms with Gasteiger partial charge < -0.3 is 15.7 Å². The van der Waals surface area contributed by atoms with Gasteiger partial charge in [-0.1, -0.05) is 25.4 Å². The summed E-state index contributed by atoms with van der Waals surface area (Å²) in [5.74, 6) is -0.738. The predicted molar refractivity (Wildman–Crippen MR) is 79.4 cm³/mol. The Hall–Kier alpha value is -1.59. The van der Waals surface area contributed by atoms with E-state index in [9.17, 15) is 9.59 Å². The van der Waals surface area contributed by atoms with Crippen molar-refractivity contribution in [2.45, 2.75) is 20.3 Å². The maximum atomic E-state index is 11.7. The number of carbonyl (C=O) groups excluding carboxylic acids is 1. The van der Waals surface area contributed by atoms with Gasteiger partial charge in [0, 0.05) is 0 Å². The lowest BCUT2D eigenvalue weighted by Crippen LogP contribution is -2.29. The lowest BCUT2D eigenvalue weighted by molar-refractivity contribution is -0.115. The number of benzene rings is 1. The van der Waals surface area contributed by atoms with Gasteiger partial charge in [-0.05, 0) is 37.1 Å². The molecule has 0 radical (unpaired) electrons. The van der Waals surface area contributed by atoms with Gasteiger partial charge in [-0.3, -0.25) is 4.79 Å². The van der Waals surface area contributed by atoms with E-state index in [1.165, 1.54) is 18.2 Å². The lowest BCUT2D eigenvalue weighted by atomic mass is 10.1. The molecule has 1 rings (SSSR count). The Balaban J connectivity index is 2.53. The van der Waals surface area contributed by atoms with E-state index in [2.05, 4.69) is 24.5 Å². The zero-order chi connectivity index (χ0) is 15.1. The number of carboxylic acids is 1. The molecule has 0 spiro atoms. The molecule has 0 saturated carbocycles. The minimum absolute atomic E-state index is 0.0810. The molecule has 0 aliphatic heterocycles. The van der Waals surface area contributed by atoms with Crippen molar-refractivity contribution in [2.24, 2.45) is 5.92 Å². The average Bonchev–Trinajstić information content (AvgIpc) is 2.37. The number of hydrogen-bond acceptors (Lipinski definition) is 3. The van der Waals surface area contributed by atoms with Gasteiger partial charge in [0.15, 0.2) is 0 Å². The largest absolute Gasteiger partial charge is 0.478 e. The molecule has 0 bridgehead atoms. The van der Waals surface area contributed by atoms with E-state index < -0.39 is 5.97 Å². The number of nitrogens with one attached hydrogen (secondary N) is 2. The van der Waals surface area contributed by atoms with Crippen LogP contribution in [0.1, 0.15) is 30.6 Å². The fraction of sp³-hybridized carbons (Fsp3) is 0.429. The van der Waals surface area contributed by atoms with Crippen LogP contribution in [0, 0.1) is 5.92 Å². The summed E-state index contributed by atoms with van der Waals surface area (Å²) in [7, 11) is 0. The van der Waals surface area contributed by atoms with E-state index in [-0.39, 0.29) is 18.0 Å². The summed E-state index contributed by atoms with van der Waals surface area (Å²) in [6.45, 7) is 5.15. The molecule has 0 aromatic heterocycles. The van der Waals surface area contributed by atoms with E-state index in [1.807, 2.05) is 0 Å². The quantitative estimate of drug-likeness (QED) is 0.676. The molecule has 3 N–H and O–H groups in total. The Labute approximate surface area is 123 Å². The minimum atomic E-state index is -1.06. The minimum Gasteiger partial charge on any atom is -0.478 e. The van der Waals surface area contributed by atoms with Crippen LogP contribution < -0.4 is 10.6 Å². The third kappa shape index (κ3) is 5.59. The Bertz CT molecular complexity index is 489. The predicted octanol–water partition coefficient (Wildman–Crippen LogP) is 2.61. The van der Waals surface area contributed by atoms with E-state index in [0.717, 1.165) is 13.0 Å². The highest BCUT2D eigenvalue weighted by Crippen LogP contribution is 2.22. The van der Waals surface area contributed by atoms with Crippen LogP contribution in [0.5, 0.6) is 0 Å². The van der Waals surface area contributed by atoms with Crippen molar-refractivity contribution in [3.8, 4) is 0 Å². The average molecular weight is 299 g/mol. The molecule has 0 atom stereocenters. The Kier molecular flexibility index (Phi) is 6.48. The van der Waals surface area contributed by atoms with Gasteiger partial charge in [0.05, 0.1) is 22.8 Å². The van der Waals surface area contributed by atoms with Crippen molar-refractivity contribution in [3.63, 3.8) is 0 Å². The highest BCUT2D eigenvalue weighted by Gasteiger charge is 2.09. The summed E-state index contributed by atoms with van der Waals surface area (Å²) in [5, 5.41) is 14.8. The van der Waals surface area contributed by atoms with Gasteiger partial charge in [-0.25, -0.2) is 4.79 Å². The van der Waals surface area contributed by atoms with Gasteiger partial charge in [-0.2, -0.15) is 0 Å². The number of rotatable bonds is 7. The normalized spacial score (nSPS) is 10.6. The molecule has 1 amide bonds. The Morgan fingerprint density at radius 3 is 2.65 bits per heavy atom. The molecule has 0 aliphatic carbocycles. The summed E-state index contributed by atoms with van der Waals surface area (Å²) in [6.07, 6.45) is 0.989. The van der Waals surface area contributed by atoms with Crippen LogP contribution in [0.2, 0.25) is 5.02 Å². The van der Waals surface area contributed by atoms with Crippen molar-refractivity contribution in [1.29, 1.82) is 0 Å². The second kappa shape index (κ2) is 7.87. The van der Waals surface area contributed by atoms with Crippen molar-refractivity contribution in [2.75, 3.05) is 18.4 Å². The van der Waals surface area contributed by atoms with Gasteiger partial charge in [0.2, 0.25) is 5.91 Å². The molecule has 0 fully saturated rings. The van der Waals surface area contributed by atoms with Crippen LogP contribution in [0.3, 0.4) is 0 Å². The first-order valence-corrected chi connectivity index (χ1v) is 6.81. The molecule has 6 heteroatoms. The van der Waals surface area contributed by atoms with Crippen molar-refractivity contribution >= 4 is 29.2 Å². The first-order valence-electron chi connectivity index (χ1n) is 6.43. The Morgan fingerprint density at radius 1 is 1.35 bits per heavy atom. The molecule has 0 saturated heterocycles. The van der Waals surface area contributed by atoms with Crippen molar-refractivity contribution in [1.82, 2.24) is 5.32 Å². The molecule has 0 aliphatic rings. The summed E-state index contributed by atoms with van der Waals surface area (Å²) >= 11 is 5.92. The fourth-order valence-corrected chi connectivity index (χ4v) is 1.71. The molecule has 0 heterocycles. The van der Waals surface area contributed by atoms with E-state index >= 15 is 0 Å². The lowest BCUT2D eigenvalue weighted by Gasteiger charge is -2.10. The molecule has 5 nitrogen and oxygen atoms in total. The first-order chi connectivity index (χ1) is 9.40. The number of carboxylic acid groups (broad SMARTS) is 1. The van der Waals surface area contributed by atoms with Crippen molar-refractivity contribution < 1.29 is 14.7 Å². The highest BCUT2D eigenvalue weighted by molar-refractivity contribution is 6.33. The molecule has 20 heavy (non-hydrogen) atoms. The second-order valence-electron chi connectivity index (χ2n) is 4.91. The smallest absolute Gasteiger partial charge is 0.335 e. The molecule has 1 aromatic carbocycles. The van der Waals surface area contributed by atoms with E-state index in [1.54, 1.807) is 0 Å². The van der Waals surface area contributed by atoms with Gasteiger partial charge >= 0.3 is 5.97 Å². The van der Waals surface area contributed by atoms with Crippen LogP contribution in [0.15, 0.2) is 18.2 Å². The standard InChI is InChI=1S/C14H19ClN2O3/c1-9(2)5-6-16-8-13(18)17-12-7-10(14(19)20)3-4-11(12)15/h3-4,7,9,16H,5-6,8H2,1-2H3,(H,17,18)(H,19,20).